The minimum atomic E-state index is -0.498. The van der Waals surface area contributed by atoms with Gasteiger partial charge in [0.25, 0.3) is 0 Å². The van der Waals surface area contributed by atoms with Gasteiger partial charge in [-0.25, -0.2) is 9.80 Å². The van der Waals surface area contributed by atoms with Crippen LogP contribution < -0.4 is 14.8 Å². The summed E-state index contributed by atoms with van der Waals surface area (Å²) in [7, 11) is 1.47. The summed E-state index contributed by atoms with van der Waals surface area (Å²) in [5.41, 5.74) is 2.08. The molecule has 0 spiro atoms. The highest BCUT2D eigenvalue weighted by Gasteiger charge is 2.33. The van der Waals surface area contributed by atoms with Crippen molar-refractivity contribution in [1.82, 2.24) is 10.3 Å². The Kier molecular flexibility index (Phi) is 6.41. The third-order valence-electron chi connectivity index (χ3n) is 4.18. The number of carbonyl (C=O) groups excluding carboxylic acids is 3. The molecule has 0 unspecified atom stereocenters. The first kappa shape index (κ1) is 21.4. The average molecular weight is 427 g/mol. The Labute approximate surface area is 178 Å². The fraction of sp³-hybridized carbons (Fsp3) is 0.238. The molecule has 2 aromatic rings. The van der Waals surface area contributed by atoms with Crippen molar-refractivity contribution in [2.75, 3.05) is 7.11 Å². The minimum Gasteiger partial charge on any atom is -0.493 e. The van der Waals surface area contributed by atoms with Crippen molar-refractivity contribution in [3.05, 3.63) is 59.2 Å². The molecule has 9 heteroatoms. The Morgan fingerprint density at radius 3 is 2.50 bits per heavy atom. The van der Waals surface area contributed by atoms with Crippen LogP contribution in [0.2, 0.25) is 0 Å². The molecule has 30 heavy (non-hydrogen) atoms. The van der Waals surface area contributed by atoms with Crippen molar-refractivity contribution < 1.29 is 23.9 Å². The Bertz CT molecular complexity index is 1040. The van der Waals surface area contributed by atoms with E-state index in [9.17, 15) is 14.4 Å². The first-order chi connectivity index (χ1) is 14.3. The SMILES string of the molecule is COc1cc([C@H]2SC(NC(C)=O)=NN2C(C)=O)ccc1OC(=O)c1cccc(C)c1. The van der Waals surface area contributed by atoms with Crippen LogP contribution in [0.5, 0.6) is 11.5 Å². The molecular formula is C21H21N3O5S. The predicted molar refractivity (Wildman–Crippen MR) is 113 cm³/mol. The fourth-order valence-corrected chi connectivity index (χ4v) is 3.96. The molecule has 0 fully saturated rings. The normalized spacial score (nSPS) is 15.4. The number of amides is 2. The second-order valence-corrected chi connectivity index (χ2v) is 7.66. The number of hydrazone groups is 1. The fourth-order valence-electron chi connectivity index (χ4n) is 2.83. The molecule has 1 atom stereocenters. The summed E-state index contributed by atoms with van der Waals surface area (Å²) >= 11 is 1.23. The maximum atomic E-state index is 12.5. The highest BCUT2D eigenvalue weighted by Crippen LogP contribution is 2.41. The maximum absolute atomic E-state index is 12.5. The van der Waals surface area contributed by atoms with Gasteiger partial charge in [0, 0.05) is 13.8 Å². The average Bonchev–Trinajstić information content (AvgIpc) is 3.11. The molecular weight excluding hydrogens is 406 g/mol. The molecule has 2 aromatic carbocycles. The summed E-state index contributed by atoms with van der Waals surface area (Å²) < 4.78 is 10.9. The van der Waals surface area contributed by atoms with Crippen molar-refractivity contribution >= 4 is 34.7 Å². The van der Waals surface area contributed by atoms with Crippen LogP contribution in [-0.2, 0) is 9.59 Å². The number of esters is 1. The van der Waals surface area contributed by atoms with Gasteiger partial charge >= 0.3 is 5.97 Å². The first-order valence-electron chi connectivity index (χ1n) is 9.08. The molecule has 1 heterocycles. The highest BCUT2D eigenvalue weighted by atomic mass is 32.2. The molecule has 0 aliphatic carbocycles. The van der Waals surface area contributed by atoms with Crippen molar-refractivity contribution in [2.45, 2.75) is 26.1 Å². The van der Waals surface area contributed by atoms with Crippen LogP contribution in [-0.4, -0.2) is 35.1 Å². The number of hydrogen-bond donors (Lipinski definition) is 1. The molecule has 8 nitrogen and oxygen atoms in total. The lowest BCUT2D eigenvalue weighted by Crippen LogP contribution is -2.25. The number of aryl methyl sites for hydroxylation is 1. The largest absolute Gasteiger partial charge is 0.493 e. The summed E-state index contributed by atoms with van der Waals surface area (Å²) in [6.07, 6.45) is 0. The summed E-state index contributed by atoms with van der Waals surface area (Å²) in [6, 6.07) is 12.1. The summed E-state index contributed by atoms with van der Waals surface area (Å²) in [6.45, 7) is 4.65. The lowest BCUT2D eigenvalue weighted by molar-refractivity contribution is -0.129. The second-order valence-electron chi connectivity index (χ2n) is 6.59. The zero-order chi connectivity index (χ0) is 21.8. The first-order valence-corrected chi connectivity index (χ1v) is 9.96. The third kappa shape index (κ3) is 4.80. The molecule has 1 aliphatic heterocycles. The molecule has 0 bridgehead atoms. The minimum absolute atomic E-state index is 0.258. The lowest BCUT2D eigenvalue weighted by Gasteiger charge is -2.20. The Morgan fingerprint density at radius 2 is 1.87 bits per heavy atom. The number of hydrogen-bond acceptors (Lipinski definition) is 7. The van der Waals surface area contributed by atoms with E-state index >= 15 is 0 Å². The van der Waals surface area contributed by atoms with Crippen LogP contribution in [0.3, 0.4) is 0 Å². The van der Waals surface area contributed by atoms with E-state index in [0.717, 1.165) is 5.56 Å². The van der Waals surface area contributed by atoms with Gasteiger partial charge < -0.3 is 14.8 Å². The molecule has 0 radical (unpaired) electrons. The van der Waals surface area contributed by atoms with E-state index < -0.39 is 11.3 Å². The summed E-state index contributed by atoms with van der Waals surface area (Å²) in [5, 5.41) is 7.88. The van der Waals surface area contributed by atoms with Gasteiger partial charge in [0.05, 0.1) is 12.7 Å². The number of rotatable bonds is 4. The van der Waals surface area contributed by atoms with E-state index in [1.165, 1.54) is 37.7 Å². The molecule has 0 aromatic heterocycles. The number of carbonyl (C=O) groups is 3. The number of ether oxygens (including phenoxy) is 2. The van der Waals surface area contributed by atoms with Crippen molar-refractivity contribution in [3.8, 4) is 11.5 Å². The van der Waals surface area contributed by atoms with Crippen molar-refractivity contribution in [1.29, 1.82) is 0 Å². The predicted octanol–water partition coefficient (Wildman–Crippen LogP) is 3.22. The van der Waals surface area contributed by atoms with Gasteiger partial charge in [-0.2, -0.15) is 0 Å². The maximum Gasteiger partial charge on any atom is 0.343 e. The standard InChI is InChI=1S/C21H21N3O5S/c1-12-6-5-7-16(10-12)20(27)29-17-9-8-15(11-18(17)28-4)19-24(14(3)26)23-21(30-19)22-13(2)25/h5-11,19H,1-4H3,(H,22,23,25)/t19-/m1/s1. The van der Waals surface area contributed by atoms with E-state index in [-0.39, 0.29) is 17.6 Å². The monoisotopic (exact) mass is 427 g/mol. The molecule has 1 aliphatic rings. The molecule has 3 rings (SSSR count). The van der Waals surface area contributed by atoms with Gasteiger partial charge in [-0.1, -0.05) is 35.5 Å². The van der Waals surface area contributed by atoms with Crippen LogP contribution in [0.15, 0.2) is 47.6 Å². The number of benzene rings is 2. The zero-order valence-corrected chi connectivity index (χ0v) is 17.8. The summed E-state index contributed by atoms with van der Waals surface area (Å²) in [5.74, 6) is -0.455. The van der Waals surface area contributed by atoms with E-state index in [2.05, 4.69) is 10.4 Å². The number of nitrogens with zero attached hydrogens (tertiary/aromatic N) is 2. The Hall–Kier alpha value is -3.33. The summed E-state index contributed by atoms with van der Waals surface area (Å²) in [4.78, 5) is 35.8. The van der Waals surface area contributed by atoms with Gasteiger partial charge in [0.15, 0.2) is 16.7 Å². The quantitative estimate of drug-likeness (QED) is 0.594. The Morgan fingerprint density at radius 1 is 1.10 bits per heavy atom. The smallest absolute Gasteiger partial charge is 0.343 e. The molecule has 0 saturated carbocycles. The molecule has 2 amide bonds. The van der Waals surface area contributed by atoms with Crippen LogP contribution in [0.25, 0.3) is 0 Å². The topological polar surface area (TPSA) is 97.3 Å². The lowest BCUT2D eigenvalue weighted by atomic mass is 10.1. The number of thioether (sulfide) groups is 1. The van der Waals surface area contributed by atoms with Gasteiger partial charge in [0.1, 0.15) is 5.37 Å². The van der Waals surface area contributed by atoms with Gasteiger partial charge in [-0.05, 0) is 36.8 Å². The zero-order valence-electron chi connectivity index (χ0n) is 17.0. The van der Waals surface area contributed by atoms with Crippen LogP contribution in [0.4, 0.5) is 0 Å². The van der Waals surface area contributed by atoms with Gasteiger partial charge in [-0.15, -0.1) is 5.10 Å². The van der Waals surface area contributed by atoms with Gasteiger partial charge in [0.2, 0.25) is 11.8 Å². The number of amidine groups is 1. The highest BCUT2D eigenvalue weighted by molar-refractivity contribution is 8.14. The van der Waals surface area contributed by atoms with E-state index in [1.807, 2.05) is 13.0 Å². The molecule has 1 N–H and O–H groups in total. The van der Waals surface area contributed by atoms with Crippen molar-refractivity contribution in [2.24, 2.45) is 5.10 Å². The van der Waals surface area contributed by atoms with Crippen LogP contribution >= 0.6 is 11.8 Å². The van der Waals surface area contributed by atoms with E-state index in [1.54, 1.807) is 36.4 Å². The van der Waals surface area contributed by atoms with Crippen molar-refractivity contribution in [3.63, 3.8) is 0 Å². The third-order valence-corrected chi connectivity index (χ3v) is 5.28. The molecule has 156 valence electrons. The van der Waals surface area contributed by atoms with E-state index in [0.29, 0.717) is 22.0 Å². The van der Waals surface area contributed by atoms with Crippen LogP contribution in [0, 0.1) is 6.92 Å². The Balaban J connectivity index is 1.84. The molecule has 0 saturated heterocycles. The van der Waals surface area contributed by atoms with Gasteiger partial charge in [-0.3, -0.25) is 9.59 Å². The van der Waals surface area contributed by atoms with Crippen LogP contribution in [0.1, 0.15) is 40.7 Å². The number of nitrogens with one attached hydrogen (secondary N) is 1. The van der Waals surface area contributed by atoms with E-state index in [4.69, 9.17) is 9.47 Å². The second kappa shape index (κ2) is 9.00. The number of methoxy groups -OCH3 is 1.